The number of benzene rings is 2. The third kappa shape index (κ3) is 5.87. The minimum Gasteiger partial charge on any atom is -0.495 e. The molecule has 6 nitrogen and oxygen atoms in total. The lowest BCUT2D eigenvalue weighted by molar-refractivity contribution is 0.415. The Morgan fingerprint density at radius 3 is 2.68 bits per heavy atom. The van der Waals surface area contributed by atoms with Crippen LogP contribution >= 0.6 is 35.6 Å². The number of oxazole rings is 1. The summed E-state index contributed by atoms with van der Waals surface area (Å²) >= 11 is 6.09. The molecule has 0 atom stereocenters. The third-order valence-electron chi connectivity index (χ3n) is 3.92. The van der Waals surface area contributed by atoms with E-state index in [4.69, 9.17) is 26.5 Å². The van der Waals surface area contributed by atoms with Crippen LogP contribution in [0.25, 0.3) is 11.5 Å². The smallest absolute Gasteiger partial charge is 0.226 e. The highest BCUT2D eigenvalue weighted by molar-refractivity contribution is 14.0. The number of hydrogen-bond donors (Lipinski definition) is 2. The van der Waals surface area contributed by atoms with E-state index in [9.17, 15) is 0 Å². The fraction of sp³-hybridized carbons (Fsp3) is 0.200. The molecule has 0 amide bonds. The van der Waals surface area contributed by atoms with E-state index in [0.717, 1.165) is 16.9 Å². The Kier molecular flexibility index (Phi) is 8.13. The van der Waals surface area contributed by atoms with Gasteiger partial charge in [-0.25, -0.2) is 4.98 Å². The van der Waals surface area contributed by atoms with E-state index in [0.29, 0.717) is 35.6 Å². The van der Waals surface area contributed by atoms with Crippen molar-refractivity contribution in [1.29, 1.82) is 0 Å². The molecule has 0 bridgehead atoms. The fourth-order valence-electron chi connectivity index (χ4n) is 2.47. The second-order valence-electron chi connectivity index (χ2n) is 6.00. The lowest BCUT2D eigenvalue weighted by atomic mass is 10.1. The molecule has 0 aliphatic carbocycles. The number of ether oxygens (including phenoxy) is 1. The molecule has 2 aromatic carbocycles. The predicted octanol–water partition coefficient (Wildman–Crippen LogP) is 4.90. The zero-order valence-corrected chi connectivity index (χ0v) is 18.7. The number of aromatic nitrogens is 1. The van der Waals surface area contributed by atoms with E-state index in [1.807, 2.05) is 37.3 Å². The van der Waals surface area contributed by atoms with Crippen LogP contribution in [0.2, 0.25) is 5.02 Å². The number of anilines is 1. The number of halogens is 2. The maximum absolute atomic E-state index is 6.09. The van der Waals surface area contributed by atoms with Crippen LogP contribution in [0.5, 0.6) is 5.75 Å². The average molecular weight is 513 g/mol. The van der Waals surface area contributed by atoms with Crippen molar-refractivity contribution in [3.8, 4) is 17.2 Å². The van der Waals surface area contributed by atoms with Crippen LogP contribution in [0.15, 0.2) is 58.1 Å². The summed E-state index contributed by atoms with van der Waals surface area (Å²) in [6.45, 7) is 2.53. The van der Waals surface area contributed by atoms with Gasteiger partial charge in [-0.2, -0.15) is 0 Å². The molecule has 0 radical (unpaired) electrons. The van der Waals surface area contributed by atoms with Crippen LogP contribution in [0.4, 0.5) is 5.69 Å². The van der Waals surface area contributed by atoms with Gasteiger partial charge in [0.1, 0.15) is 12.0 Å². The van der Waals surface area contributed by atoms with Gasteiger partial charge >= 0.3 is 0 Å². The third-order valence-corrected chi connectivity index (χ3v) is 4.22. The van der Waals surface area contributed by atoms with Gasteiger partial charge in [0.25, 0.3) is 0 Å². The number of nitrogens with two attached hydrogens (primary N) is 1. The monoisotopic (exact) mass is 512 g/mol. The van der Waals surface area contributed by atoms with Gasteiger partial charge < -0.3 is 20.2 Å². The Balaban J connectivity index is 0.00000280. The number of aryl methyl sites for hydroxylation is 1. The number of nitrogens with zero attached hydrogens (tertiary/aromatic N) is 2. The van der Waals surface area contributed by atoms with Gasteiger partial charge in [-0.1, -0.05) is 29.3 Å². The van der Waals surface area contributed by atoms with Crippen LogP contribution in [-0.2, 0) is 6.42 Å². The van der Waals surface area contributed by atoms with Crippen LogP contribution in [0.3, 0.4) is 0 Å². The molecule has 28 heavy (non-hydrogen) atoms. The molecule has 0 aliphatic rings. The van der Waals surface area contributed by atoms with Crippen molar-refractivity contribution in [2.75, 3.05) is 19.0 Å². The lowest BCUT2D eigenvalue weighted by Gasteiger charge is -2.08. The maximum atomic E-state index is 6.09. The quantitative estimate of drug-likeness (QED) is 0.279. The van der Waals surface area contributed by atoms with Crippen molar-refractivity contribution in [1.82, 2.24) is 4.98 Å². The number of rotatable bonds is 6. The number of guanidine groups is 1. The van der Waals surface area contributed by atoms with Crippen molar-refractivity contribution in [2.24, 2.45) is 10.7 Å². The molecular weight excluding hydrogens is 491 g/mol. The number of aliphatic imine (C=N–C) groups is 1. The standard InChI is InChI=1S/C20H21ClN4O2.HI/c1-13-3-5-14(6-4-13)19-24-16(12-27-19)9-10-23-20(22)25-15-7-8-18(26-2)17(21)11-15;/h3-8,11-12H,9-10H2,1-2H3,(H3,22,23,25);1H. The van der Waals surface area contributed by atoms with E-state index in [1.54, 1.807) is 25.5 Å². The van der Waals surface area contributed by atoms with Gasteiger partial charge in [-0.05, 0) is 37.3 Å². The van der Waals surface area contributed by atoms with Crippen LogP contribution < -0.4 is 15.8 Å². The Labute approximate surface area is 186 Å². The second kappa shape index (κ2) is 10.3. The van der Waals surface area contributed by atoms with Crippen molar-refractivity contribution in [3.63, 3.8) is 0 Å². The Hall–Kier alpha value is -2.26. The summed E-state index contributed by atoms with van der Waals surface area (Å²) in [5.74, 6) is 1.51. The number of hydrogen-bond acceptors (Lipinski definition) is 4. The van der Waals surface area contributed by atoms with Gasteiger partial charge in [0, 0.05) is 24.2 Å². The SMILES string of the molecule is COc1ccc(NC(N)=NCCc2coc(-c3ccc(C)cc3)n2)cc1Cl.I. The van der Waals surface area contributed by atoms with E-state index in [1.165, 1.54) is 5.56 Å². The van der Waals surface area contributed by atoms with Crippen molar-refractivity contribution in [2.45, 2.75) is 13.3 Å². The van der Waals surface area contributed by atoms with E-state index in [-0.39, 0.29) is 24.0 Å². The molecular formula is C20H22ClIN4O2. The number of nitrogens with one attached hydrogen (secondary N) is 1. The summed E-state index contributed by atoms with van der Waals surface area (Å²) in [7, 11) is 1.57. The lowest BCUT2D eigenvalue weighted by Crippen LogP contribution is -2.23. The van der Waals surface area contributed by atoms with Crippen LogP contribution in [-0.4, -0.2) is 24.6 Å². The van der Waals surface area contributed by atoms with Crippen molar-refractivity contribution < 1.29 is 9.15 Å². The normalized spacial score (nSPS) is 11.0. The van der Waals surface area contributed by atoms with Crippen molar-refractivity contribution >= 4 is 47.2 Å². The first-order valence-corrected chi connectivity index (χ1v) is 8.85. The van der Waals surface area contributed by atoms with Gasteiger partial charge in [-0.15, -0.1) is 24.0 Å². The zero-order valence-electron chi connectivity index (χ0n) is 15.6. The zero-order chi connectivity index (χ0) is 19.2. The molecule has 0 aliphatic heterocycles. The first-order chi connectivity index (χ1) is 13.0. The predicted molar refractivity (Wildman–Crippen MR) is 124 cm³/mol. The molecule has 3 rings (SSSR count). The minimum absolute atomic E-state index is 0. The molecule has 0 spiro atoms. The molecule has 3 N–H and O–H groups in total. The van der Waals surface area contributed by atoms with Crippen LogP contribution in [0.1, 0.15) is 11.3 Å². The Bertz CT molecular complexity index is 942. The highest BCUT2D eigenvalue weighted by atomic mass is 127. The maximum Gasteiger partial charge on any atom is 0.226 e. The Morgan fingerprint density at radius 1 is 1.25 bits per heavy atom. The molecule has 0 saturated heterocycles. The van der Waals surface area contributed by atoms with Gasteiger partial charge in [0.05, 0.1) is 17.8 Å². The van der Waals surface area contributed by atoms with Crippen LogP contribution in [0, 0.1) is 6.92 Å². The highest BCUT2D eigenvalue weighted by Gasteiger charge is 2.07. The summed E-state index contributed by atoms with van der Waals surface area (Å²) in [5, 5.41) is 3.50. The minimum atomic E-state index is 0. The van der Waals surface area contributed by atoms with Crippen molar-refractivity contribution in [3.05, 3.63) is 65.0 Å². The van der Waals surface area contributed by atoms with Gasteiger partial charge in [-0.3, -0.25) is 4.99 Å². The van der Waals surface area contributed by atoms with E-state index in [2.05, 4.69) is 15.3 Å². The molecule has 8 heteroatoms. The molecule has 1 heterocycles. The van der Waals surface area contributed by atoms with Gasteiger partial charge in [0.2, 0.25) is 5.89 Å². The molecule has 0 saturated carbocycles. The molecule has 3 aromatic rings. The fourth-order valence-corrected chi connectivity index (χ4v) is 2.73. The summed E-state index contributed by atoms with van der Waals surface area (Å²) < 4.78 is 10.7. The highest BCUT2D eigenvalue weighted by Crippen LogP contribution is 2.27. The van der Waals surface area contributed by atoms with E-state index < -0.39 is 0 Å². The largest absolute Gasteiger partial charge is 0.495 e. The first-order valence-electron chi connectivity index (χ1n) is 8.47. The Morgan fingerprint density at radius 2 is 2.00 bits per heavy atom. The average Bonchev–Trinajstić information content (AvgIpc) is 3.11. The summed E-state index contributed by atoms with van der Waals surface area (Å²) in [6, 6.07) is 13.4. The van der Waals surface area contributed by atoms with E-state index >= 15 is 0 Å². The molecule has 1 aromatic heterocycles. The molecule has 148 valence electrons. The molecule has 0 unspecified atom stereocenters. The number of methoxy groups -OCH3 is 1. The molecule has 0 fully saturated rings. The first kappa shape index (κ1) is 22.0. The summed E-state index contributed by atoms with van der Waals surface area (Å²) in [6.07, 6.45) is 2.28. The van der Waals surface area contributed by atoms with Gasteiger partial charge in [0.15, 0.2) is 5.96 Å². The summed E-state index contributed by atoms with van der Waals surface area (Å²) in [5.41, 5.74) is 9.64. The second-order valence-corrected chi connectivity index (χ2v) is 6.41. The topological polar surface area (TPSA) is 85.7 Å². The summed E-state index contributed by atoms with van der Waals surface area (Å²) in [4.78, 5) is 8.80.